The second-order valence-corrected chi connectivity index (χ2v) is 6.00. The maximum Gasteiger partial charge on any atom is 0.0334 e. The van der Waals surface area contributed by atoms with Crippen LogP contribution >= 0.6 is 24.4 Å². The van der Waals surface area contributed by atoms with Crippen LogP contribution in [0.4, 0.5) is 0 Å². The van der Waals surface area contributed by atoms with Crippen molar-refractivity contribution in [1.82, 2.24) is 0 Å². The van der Waals surface area contributed by atoms with Crippen molar-refractivity contribution >= 4 is 24.4 Å². The zero-order valence-electron chi connectivity index (χ0n) is 10.9. The third-order valence-electron chi connectivity index (χ3n) is 3.04. The molecule has 0 atom stereocenters. The van der Waals surface area contributed by atoms with E-state index in [2.05, 4.69) is 73.3 Å². The Hall–Kier alpha value is -1.64. The van der Waals surface area contributed by atoms with Gasteiger partial charge in [0.25, 0.3) is 0 Å². The highest BCUT2D eigenvalue weighted by atomic mass is 32.2. The highest BCUT2D eigenvalue weighted by Gasteiger charge is 2.09. The summed E-state index contributed by atoms with van der Waals surface area (Å²) in [6, 6.07) is 27.1. The van der Waals surface area contributed by atoms with Crippen LogP contribution in [0.5, 0.6) is 0 Å². The molecule has 3 aromatic carbocycles. The van der Waals surface area contributed by atoms with Gasteiger partial charge in [0, 0.05) is 14.7 Å². The molecule has 0 spiro atoms. The standard InChI is InChI=1S/C18H14S2/c19-17-13-7-12-16(14-8-3-1-4-9-14)18(17)20-15-10-5-2-6-11-15/h1-13,19H. The van der Waals surface area contributed by atoms with Gasteiger partial charge in [-0.25, -0.2) is 0 Å². The Kier molecular flexibility index (Phi) is 4.14. The Morgan fingerprint density at radius 3 is 2.00 bits per heavy atom. The molecule has 98 valence electrons. The molecule has 0 aliphatic carbocycles. The van der Waals surface area contributed by atoms with E-state index in [1.807, 2.05) is 18.2 Å². The summed E-state index contributed by atoms with van der Waals surface area (Å²) < 4.78 is 0. The first-order chi connectivity index (χ1) is 9.84. The molecule has 0 aliphatic heterocycles. The van der Waals surface area contributed by atoms with Crippen LogP contribution in [0.25, 0.3) is 11.1 Å². The van der Waals surface area contributed by atoms with Crippen LogP contribution in [-0.2, 0) is 0 Å². The van der Waals surface area contributed by atoms with Crippen LogP contribution in [0.3, 0.4) is 0 Å². The molecule has 0 fully saturated rings. The third-order valence-corrected chi connectivity index (χ3v) is 4.72. The average Bonchev–Trinajstić information content (AvgIpc) is 2.51. The minimum absolute atomic E-state index is 1.01. The SMILES string of the molecule is Sc1cccc(-c2ccccc2)c1Sc1ccccc1. The molecule has 3 rings (SSSR count). The molecule has 0 radical (unpaired) electrons. The van der Waals surface area contributed by atoms with Crippen molar-refractivity contribution < 1.29 is 0 Å². The second-order valence-electron chi connectivity index (χ2n) is 4.43. The Bertz CT molecular complexity index is 691. The molecule has 20 heavy (non-hydrogen) atoms. The van der Waals surface area contributed by atoms with E-state index in [9.17, 15) is 0 Å². The molecular formula is C18H14S2. The van der Waals surface area contributed by atoms with Crippen LogP contribution in [0.15, 0.2) is 93.5 Å². The molecule has 3 aromatic rings. The molecule has 0 aromatic heterocycles. The monoisotopic (exact) mass is 294 g/mol. The van der Waals surface area contributed by atoms with E-state index in [0.717, 1.165) is 4.90 Å². The molecule has 0 saturated heterocycles. The van der Waals surface area contributed by atoms with Gasteiger partial charge >= 0.3 is 0 Å². The highest BCUT2D eigenvalue weighted by Crippen LogP contribution is 2.39. The van der Waals surface area contributed by atoms with E-state index in [0.29, 0.717) is 0 Å². The maximum absolute atomic E-state index is 4.63. The first-order valence-electron chi connectivity index (χ1n) is 6.45. The van der Waals surface area contributed by atoms with Crippen LogP contribution < -0.4 is 0 Å². The van der Waals surface area contributed by atoms with Crippen molar-refractivity contribution in [3.05, 3.63) is 78.9 Å². The fourth-order valence-electron chi connectivity index (χ4n) is 2.08. The van der Waals surface area contributed by atoms with E-state index >= 15 is 0 Å². The number of rotatable bonds is 3. The summed E-state index contributed by atoms with van der Waals surface area (Å²) in [5, 5.41) is 0. The lowest BCUT2D eigenvalue weighted by molar-refractivity contribution is 1.25. The van der Waals surface area contributed by atoms with Gasteiger partial charge in [0.05, 0.1) is 0 Å². The van der Waals surface area contributed by atoms with Gasteiger partial charge in [-0.1, -0.05) is 72.4 Å². The molecule has 0 bridgehead atoms. The smallest absolute Gasteiger partial charge is 0.0334 e. The summed E-state index contributed by atoms with van der Waals surface area (Å²) in [6.45, 7) is 0. The van der Waals surface area contributed by atoms with Gasteiger partial charge in [0.2, 0.25) is 0 Å². The van der Waals surface area contributed by atoms with E-state index in [1.54, 1.807) is 11.8 Å². The quantitative estimate of drug-likeness (QED) is 0.596. The van der Waals surface area contributed by atoms with Crippen LogP contribution in [0, 0.1) is 0 Å². The van der Waals surface area contributed by atoms with E-state index in [1.165, 1.54) is 20.9 Å². The Labute approximate surface area is 129 Å². The van der Waals surface area contributed by atoms with Crippen molar-refractivity contribution in [2.75, 3.05) is 0 Å². The van der Waals surface area contributed by atoms with Crippen molar-refractivity contribution in [1.29, 1.82) is 0 Å². The fourth-order valence-corrected chi connectivity index (χ4v) is 3.42. The molecule has 0 aliphatic rings. The summed E-state index contributed by atoms with van der Waals surface area (Å²) in [6.07, 6.45) is 0. The molecule has 2 heteroatoms. The van der Waals surface area contributed by atoms with Crippen LogP contribution in [0.2, 0.25) is 0 Å². The molecule has 0 amide bonds. The van der Waals surface area contributed by atoms with Gasteiger partial charge in [0.15, 0.2) is 0 Å². The van der Waals surface area contributed by atoms with Crippen molar-refractivity contribution in [3.8, 4) is 11.1 Å². The van der Waals surface area contributed by atoms with Crippen LogP contribution in [0.1, 0.15) is 0 Å². The number of hydrogen-bond acceptors (Lipinski definition) is 2. The minimum Gasteiger partial charge on any atom is -0.142 e. The Balaban J connectivity index is 2.06. The van der Waals surface area contributed by atoms with E-state index < -0.39 is 0 Å². The fraction of sp³-hybridized carbons (Fsp3) is 0. The lowest BCUT2D eigenvalue weighted by atomic mass is 10.1. The first-order valence-corrected chi connectivity index (χ1v) is 7.71. The molecule has 0 unspecified atom stereocenters. The lowest BCUT2D eigenvalue weighted by Crippen LogP contribution is -1.84. The zero-order valence-corrected chi connectivity index (χ0v) is 12.6. The minimum atomic E-state index is 1.01. The zero-order chi connectivity index (χ0) is 13.8. The lowest BCUT2D eigenvalue weighted by Gasteiger charge is -2.12. The molecule has 0 nitrogen and oxygen atoms in total. The van der Waals surface area contributed by atoms with Gasteiger partial charge in [-0.05, 0) is 29.3 Å². The van der Waals surface area contributed by atoms with E-state index in [4.69, 9.17) is 0 Å². The summed E-state index contributed by atoms with van der Waals surface area (Å²) >= 11 is 6.39. The summed E-state index contributed by atoms with van der Waals surface area (Å²) in [7, 11) is 0. The third kappa shape index (κ3) is 2.92. The molecule has 0 N–H and O–H groups in total. The van der Waals surface area contributed by atoms with Crippen molar-refractivity contribution in [2.45, 2.75) is 14.7 Å². The normalized spacial score (nSPS) is 10.4. The summed E-state index contributed by atoms with van der Waals surface area (Å²) in [5.74, 6) is 0. The average molecular weight is 294 g/mol. The predicted molar refractivity (Wildman–Crippen MR) is 89.7 cm³/mol. The number of hydrogen-bond donors (Lipinski definition) is 1. The molecule has 0 saturated carbocycles. The van der Waals surface area contributed by atoms with Gasteiger partial charge in [-0.3, -0.25) is 0 Å². The molecule has 0 heterocycles. The van der Waals surface area contributed by atoms with Crippen LogP contribution in [-0.4, -0.2) is 0 Å². The Morgan fingerprint density at radius 1 is 0.650 bits per heavy atom. The number of thiol groups is 1. The summed E-state index contributed by atoms with van der Waals surface area (Å²) in [4.78, 5) is 3.44. The van der Waals surface area contributed by atoms with Crippen molar-refractivity contribution in [2.24, 2.45) is 0 Å². The van der Waals surface area contributed by atoms with Crippen molar-refractivity contribution in [3.63, 3.8) is 0 Å². The largest absolute Gasteiger partial charge is 0.142 e. The Morgan fingerprint density at radius 2 is 1.30 bits per heavy atom. The highest BCUT2D eigenvalue weighted by molar-refractivity contribution is 8.00. The predicted octanol–water partition coefficient (Wildman–Crippen LogP) is 5.79. The van der Waals surface area contributed by atoms with Gasteiger partial charge in [-0.2, -0.15) is 0 Å². The first kappa shape index (κ1) is 13.3. The maximum atomic E-state index is 4.63. The topological polar surface area (TPSA) is 0 Å². The number of benzene rings is 3. The van der Waals surface area contributed by atoms with Gasteiger partial charge < -0.3 is 0 Å². The second kappa shape index (κ2) is 6.21. The van der Waals surface area contributed by atoms with Gasteiger partial charge in [0.1, 0.15) is 0 Å². The van der Waals surface area contributed by atoms with E-state index in [-0.39, 0.29) is 0 Å². The van der Waals surface area contributed by atoms with Gasteiger partial charge in [-0.15, -0.1) is 12.6 Å². The molecular weight excluding hydrogens is 280 g/mol. The summed E-state index contributed by atoms with van der Waals surface area (Å²) in [5.41, 5.74) is 2.45.